The van der Waals surface area contributed by atoms with Crippen molar-refractivity contribution < 1.29 is 0 Å². The Kier molecular flexibility index (Phi) is 3.25. The van der Waals surface area contributed by atoms with E-state index in [1.165, 1.54) is 0 Å². The van der Waals surface area contributed by atoms with E-state index in [-0.39, 0.29) is 0 Å². The monoisotopic (exact) mass is 260 g/mol. The first kappa shape index (κ1) is 10.1. The molecule has 0 aliphatic rings. The first-order valence-electron chi connectivity index (χ1n) is 4.57. The number of benzene rings is 2. The summed E-state index contributed by atoms with van der Waals surface area (Å²) in [4.78, 5) is 0. The number of hydrogen-bond donors (Lipinski definition) is 0. The van der Waals surface area contributed by atoms with Gasteiger partial charge in [-0.05, 0) is 40.2 Å². The molecule has 0 saturated carbocycles. The lowest BCUT2D eigenvalue weighted by molar-refractivity contribution is 1.22. The van der Waals surface area contributed by atoms with E-state index in [9.17, 15) is 0 Å². The quantitative estimate of drug-likeness (QED) is 0.689. The first-order chi connectivity index (χ1) is 7.36. The van der Waals surface area contributed by atoms with Crippen molar-refractivity contribution in [1.29, 1.82) is 0 Å². The highest BCUT2D eigenvalue weighted by molar-refractivity contribution is 9.10. The van der Waals surface area contributed by atoms with E-state index in [1.54, 1.807) is 0 Å². The number of nitrogens with zero attached hydrogens (tertiary/aromatic N) is 2. The third-order valence-electron chi connectivity index (χ3n) is 1.88. The molecule has 0 aliphatic heterocycles. The standard InChI is InChI=1S/C12H9BrN2/c13-11-8-4-5-9-12(11)15-14-10-6-2-1-3-7-10/h1-9H. The Bertz CT molecular complexity index is 466. The third-order valence-corrected chi connectivity index (χ3v) is 2.55. The van der Waals surface area contributed by atoms with Gasteiger partial charge in [-0.1, -0.05) is 30.3 Å². The molecule has 74 valence electrons. The number of halogens is 1. The topological polar surface area (TPSA) is 24.7 Å². The SMILES string of the molecule is Brc1ccccc1N=Nc1ccccc1. The summed E-state index contributed by atoms with van der Waals surface area (Å²) >= 11 is 3.42. The Morgan fingerprint density at radius 3 is 2.13 bits per heavy atom. The minimum atomic E-state index is 0.835. The second-order valence-electron chi connectivity index (χ2n) is 2.99. The summed E-state index contributed by atoms with van der Waals surface area (Å²) in [7, 11) is 0. The van der Waals surface area contributed by atoms with Crippen LogP contribution >= 0.6 is 15.9 Å². The summed E-state index contributed by atoms with van der Waals surface area (Å²) in [5.41, 5.74) is 1.69. The molecule has 0 aliphatic carbocycles. The third kappa shape index (κ3) is 2.73. The molecule has 2 rings (SSSR count). The summed E-state index contributed by atoms with van der Waals surface area (Å²) in [6, 6.07) is 17.4. The van der Waals surface area contributed by atoms with Crippen molar-refractivity contribution in [3.63, 3.8) is 0 Å². The van der Waals surface area contributed by atoms with Gasteiger partial charge in [-0.3, -0.25) is 0 Å². The smallest absolute Gasteiger partial charge is 0.0998 e. The van der Waals surface area contributed by atoms with Crippen LogP contribution in [0.15, 0.2) is 69.3 Å². The van der Waals surface area contributed by atoms with E-state index in [0.29, 0.717) is 0 Å². The second-order valence-corrected chi connectivity index (χ2v) is 3.84. The van der Waals surface area contributed by atoms with E-state index < -0.39 is 0 Å². The van der Waals surface area contributed by atoms with Crippen LogP contribution in [0, 0.1) is 0 Å². The van der Waals surface area contributed by atoms with Gasteiger partial charge in [0.15, 0.2) is 0 Å². The van der Waals surface area contributed by atoms with Gasteiger partial charge in [-0.25, -0.2) is 0 Å². The van der Waals surface area contributed by atoms with Crippen molar-refractivity contribution in [3.05, 3.63) is 59.1 Å². The second kappa shape index (κ2) is 4.84. The van der Waals surface area contributed by atoms with Crippen LogP contribution in [0.2, 0.25) is 0 Å². The molecule has 2 nitrogen and oxygen atoms in total. The van der Waals surface area contributed by atoms with E-state index in [2.05, 4.69) is 26.2 Å². The lowest BCUT2D eigenvalue weighted by Gasteiger charge is -1.95. The van der Waals surface area contributed by atoms with Crippen LogP contribution in [0.3, 0.4) is 0 Å². The number of hydrogen-bond acceptors (Lipinski definition) is 2. The van der Waals surface area contributed by atoms with Crippen LogP contribution in [-0.2, 0) is 0 Å². The van der Waals surface area contributed by atoms with Gasteiger partial charge in [0.2, 0.25) is 0 Å². The first-order valence-corrected chi connectivity index (χ1v) is 5.37. The lowest BCUT2D eigenvalue weighted by atomic mass is 10.3. The molecular formula is C12H9BrN2. The molecule has 0 fully saturated rings. The minimum absolute atomic E-state index is 0.835. The number of azo groups is 1. The molecule has 0 radical (unpaired) electrons. The molecule has 0 unspecified atom stereocenters. The largest absolute Gasteiger partial charge is 0.151 e. The van der Waals surface area contributed by atoms with Crippen LogP contribution < -0.4 is 0 Å². The predicted octanol–water partition coefficient (Wildman–Crippen LogP) is 4.86. The summed E-state index contributed by atoms with van der Waals surface area (Å²) < 4.78 is 0.949. The number of rotatable bonds is 2. The summed E-state index contributed by atoms with van der Waals surface area (Å²) in [5.74, 6) is 0. The molecule has 0 heterocycles. The Labute approximate surface area is 96.8 Å². The average molecular weight is 261 g/mol. The van der Waals surface area contributed by atoms with Crippen LogP contribution in [0.4, 0.5) is 11.4 Å². The molecule has 0 atom stereocenters. The molecular weight excluding hydrogens is 252 g/mol. The maximum absolute atomic E-state index is 4.15. The fourth-order valence-corrected chi connectivity index (χ4v) is 1.50. The van der Waals surface area contributed by atoms with Crippen LogP contribution in [0.5, 0.6) is 0 Å². The summed E-state index contributed by atoms with van der Waals surface area (Å²) in [6.45, 7) is 0. The van der Waals surface area contributed by atoms with Crippen molar-refractivity contribution >= 4 is 27.3 Å². The van der Waals surface area contributed by atoms with Gasteiger partial charge < -0.3 is 0 Å². The van der Waals surface area contributed by atoms with E-state index in [0.717, 1.165) is 15.8 Å². The van der Waals surface area contributed by atoms with Gasteiger partial charge in [-0.15, -0.1) is 5.11 Å². The van der Waals surface area contributed by atoms with Crippen LogP contribution in [0.1, 0.15) is 0 Å². The zero-order chi connectivity index (χ0) is 10.5. The van der Waals surface area contributed by atoms with Gasteiger partial charge in [0, 0.05) is 4.47 Å². The van der Waals surface area contributed by atoms with Gasteiger partial charge in [0.1, 0.15) is 0 Å². The molecule has 2 aromatic carbocycles. The fraction of sp³-hybridized carbons (Fsp3) is 0. The predicted molar refractivity (Wildman–Crippen MR) is 64.8 cm³/mol. The lowest BCUT2D eigenvalue weighted by Crippen LogP contribution is -1.66. The van der Waals surface area contributed by atoms with Crippen molar-refractivity contribution in [2.75, 3.05) is 0 Å². The van der Waals surface area contributed by atoms with Crippen molar-refractivity contribution in [3.8, 4) is 0 Å². The van der Waals surface area contributed by atoms with Crippen LogP contribution in [-0.4, -0.2) is 0 Å². The average Bonchev–Trinajstić information content (AvgIpc) is 2.29. The molecule has 0 aromatic heterocycles. The fourth-order valence-electron chi connectivity index (χ4n) is 1.14. The highest BCUT2D eigenvalue weighted by Gasteiger charge is 1.94. The van der Waals surface area contributed by atoms with E-state index in [1.807, 2.05) is 54.6 Å². The molecule has 3 heteroatoms. The normalized spacial score (nSPS) is 10.7. The Hall–Kier alpha value is -1.48. The zero-order valence-electron chi connectivity index (χ0n) is 7.97. The Morgan fingerprint density at radius 2 is 1.40 bits per heavy atom. The highest BCUT2D eigenvalue weighted by atomic mass is 79.9. The van der Waals surface area contributed by atoms with Crippen molar-refractivity contribution in [1.82, 2.24) is 0 Å². The highest BCUT2D eigenvalue weighted by Crippen LogP contribution is 2.26. The minimum Gasteiger partial charge on any atom is -0.151 e. The molecule has 2 aromatic rings. The van der Waals surface area contributed by atoms with Crippen molar-refractivity contribution in [2.24, 2.45) is 10.2 Å². The molecule has 15 heavy (non-hydrogen) atoms. The molecule has 0 spiro atoms. The van der Waals surface area contributed by atoms with E-state index in [4.69, 9.17) is 0 Å². The van der Waals surface area contributed by atoms with Gasteiger partial charge in [0.05, 0.1) is 11.4 Å². The Balaban J connectivity index is 2.23. The summed E-state index contributed by atoms with van der Waals surface area (Å²) in [6.07, 6.45) is 0. The van der Waals surface area contributed by atoms with Gasteiger partial charge in [-0.2, -0.15) is 5.11 Å². The zero-order valence-corrected chi connectivity index (χ0v) is 9.55. The van der Waals surface area contributed by atoms with Gasteiger partial charge in [0.25, 0.3) is 0 Å². The van der Waals surface area contributed by atoms with Crippen molar-refractivity contribution in [2.45, 2.75) is 0 Å². The molecule has 0 amide bonds. The summed E-state index contributed by atoms with van der Waals surface area (Å²) in [5, 5.41) is 8.29. The maximum atomic E-state index is 4.15. The molecule has 0 bridgehead atoms. The maximum Gasteiger partial charge on any atom is 0.0998 e. The molecule has 0 N–H and O–H groups in total. The van der Waals surface area contributed by atoms with Gasteiger partial charge >= 0.3 is 0 Å². The van der Waals surface area contributed by atoms with Crippen LogP contribution in [0.25, 0.3) is 0 Å². The van der Waals surface area contributed by atoms with E-state index >= 15 is 0 Å². The Morgan fingerprint density at radius 1 is 0.733 bits per heavy atom. The molecule has 0 saturated heterocycles.